The number of rotatable bonds is 6. The highest BCUT2D eigenvalue weighted by Gasteiger charge is 2.05. The highest BCUT2D eigenvalue weighted by molar-refractivity contribution is 5.82. The largest absolute Gasteiger partial charge is 0.481 e. The molecule has 0 atom stereocenters. The second-order valence-electron chi connectivity index (χ2n) is 2.52. The van der Waals surface area contributed by atoms with Gasteiger partial charge < -0.3 is 9.84 Å². The minimum Gasteiger partial charge on any atom is -0.481 e. The summed E-state index contributed by atoms with van der Waals surface area (Å²) >= 11 is 0. The number of carbonyl (C=O) groups excluding carboxylic acids is 2. The Morgan fingerprint density at radius 3 is 2.23 bits per heavy atom. The van der Waals surface area contributed by atoms with Crippen LogP contribution in [0.15, 0.2) is 0 Å². The van der Waals surface area contributed by atoms with E-state index in [9.17, 15) is 14.4 Å². The van der Waals surface area contributed by atoms with Crippen molar-refractivity contribution in [3.63, 3.8) is 0 Å². The molecule has 0 radical (unpaired) electrons. The molecule has 0 aliphatic heterocycles. The number of hydrogen-bond acceptors (Lipinski definition) is 4. The number of carbonyl (C=O) groups is 3. The average Bonchev–Trinajstić information content (AvgIpc) is 2.00. The summed E-state index contributed by atoms with van der Waals surface area (Å²) < 4.78 is 4.51. The van der Waals surface area contributed by atoms with Crippen molar-refractivity contribution in [3.8, 4) is 0 Å². The lowest BCUT2D eigenvalue weighted by atomic mass is 10.2. The Morgan fingerprint density at radius 2 is 1.77 bits per heavy atom. The molecule has 0 amide bonds. The third-order valence-electron chi connectivity index (χ3n) is 1.30. The second kappa shape index (κ2) is 6.16. The standard InChI is InChI=1S/C8H12O5/c1-6(9)13-5-4-7(10)2-3-8(11)12/h2-5H2,1H3,(H,11,12). The van der Waals surface area contributed by atoms with Gasteiger partial charge >= 0.3 is 11.9 Å². The average molecular weight is 188 g/mol. The Labute approximate surface area is 75.7 Å². The lowest BCUT2D eigenvalue weighted by Crippen LogP contribution is -2.08. The fraction of sp³-hybridized carbons (Fsp3) is 0.625. The van der Waals surface area contributed by atoms with E-state index in [0.29, 0.717) is 0 Å². The summed E-state index contributed by atoms with van der Waals surface area (Å²) in [5, 5.41) is 8.24. The molecule has 5 nitrogen and oxygen atoms in total. The van der Waals surface area contributed by atoms with Crippen LogP contribution in [0.5, 0.6) is 0 Å². The minimum absolute atomic E-state index is 0.00337. The summed E-state index contributed by atoms with van der Waals surface area (Å²) in [6.45, 7) is 1.29. The molecule has 0 bridgehead atoms. The van der Waals surface area contributed by atoms with Gasteiger partial charge in [-0.3, -0.25) is 14.4 Å². The topological polar surface area (TPSA) is 80.7 Å². The summed E-state index contributed by atoms with van der Waals surface area (Å²) in [5.74, 6) is -1.64. The van der Waals surface area contributed by atoms with Crippen LogP contribution < -0.4 is 0 Å². The number of Topliss-reactive ketones (excluding diaryl/α,β-unsaturated/α-hetero) is 1. The molecule has 0 saturated heterocycles. The normalized spacial score (nSPS) is 9.31. The second-order valence-corrected chi connectivity index (χ2v) is 2.52. The molecular weight excluding hydrogens is 176 g/mol. The predicted molar refractivity (Wildman–Crippen MR) is 43.1 cm³/mol. The van der Waals surface area contributed by atoms with Crippen LogP contribution in [-0.4, -0.2) is 29.4 Å². The van der Waals surface area contributed by atoms with E-state index in [4.69, 9.17) is 5.11 Å². The van der Waals surface area contributed by atoms with Gasteiger partial charge in [0.25, 0.3) is 0 Å². The number of esters is 1. The van der Waals surface area contributed by atoms with E-state index in [-0.39, 0.29) is 31.7 Å². The van der Waals surface area contributed by atoms with Crippen molar-refractivity contribution in [1.29, 1.82) is 0 Å². The van der Waals surface area contributed by atoms with Crippen molar-refractivity contribution in [2.24, 2.45) is 0 Å². The van der Waals surface area contributed by atoms with E-state index in [1.165, 1.54) is 6.92 Å². The number of carboxylic acids is 1. The first-order valence-corrected chi connectivity index (χ1v) is 3.89. The van der Waals surface area contributed by atoms with Gasteiger partial charge in [0.15, 0.2) is 0 Å². The van der Waals surface area contributed by atoms with E-state index in [1.54, 1.807) is 0 Å². The van der Waals surface area contributed by atoms with Crippen molar-refractivity contribution in [2.75, 3.05) is 6.61 Å². The van der Waals surface area contributed by atoms with Crippen molar-refractivity contribution in [3.05, 3.63) is 0 Å². The van der Waals surface area contributed by atoms with Gasteiger partial charge in [-0.1, -0.05) is 0 Å². The van der Waals surface area contributed by atoms with Gasteiger partial charge in [-0.15, -0.1) is 0 Å². The summed E-state index contributed by atoms with van der Waals surface area (Å²) in [7, 11) is 0. The van der Waals surface area contributed by atoms with Gasteiger partial charge in [0, 0.05) is 19.8 Å². The van der Waals surface area contributed by atoms with E-state index in [1.807, 2.05) is 0 Å². The molecule has 0 aliphatic rings. The molecule has 0 rings (SSSR count). The fourth-order valence-electron chi connectivity index (χ4n) is 0.680. The van der Waals surface area contributed by atoms with Crippen LogP contribution in [0.2, 0.25) is 0 Å². The van der Waals surface area contributed by atoms with Crippen molar-refractivity contribution in [2.45, 2.75) is 26.2 Å². The summed E-state index contributed by atoms with van der Waals surface area (Å²) in [6.07, 6.45) is -0.0810. The van der Waals surface area contributed by atoms with E-state index in [2.05, 4.69) is 4.74 Å². The molecule has 0 aromatic heterocycles. The van der Waals surface area contributed by atoms with Crippen molar-refractivity contribution in [1.82, 2.24) is 0 Å². The highest BCUT2D eigenvalue weighted by atomic mass is 16.5. The van der Waals surface area contributed by atoms with Crippen molar-refractivity contribution < 1.29 is 24.2 Å². The van der Waals surface area contributed by atoms with Gasteiger partial charge in [-0.25, -0.2) is 0 Å². The lowest BCUT2D eigenvalue weighted by Gasteiger charge is -1.99. The molecule has 0 aromatic carbocycles. The molecule has 0 aromatic rings. The van der Waals surface area contributed by atoms with E-state index < -0.39 is 11.9 Å². The van der Waals surface area contributed by atoms with Crippen LogP contribution in [-0.2, 0) is 19.1 Å². The number of hydrogen-bond donors (Lipinski definition) is 1. The first kappa shape index (κ1) is 11.6. The maximum atomic E-state index is 10.9. The van der Waals surface area contributed by atoms with Gasteiger partial charge in [-0.2, -0.15) is 0 Å². The molecule has 13 heavy (non-hydrogen) atoms. The maximum Gasteiger partial charge on any atom is 0.303 e. The molecule has 0 unspecified atom stereocenters. The molecule has 0 saturated carbocycles. The zero-order chi connectivity index (χ0) is 10.3. The summed E-state index contributed by atoms with van der Waals surface area (Å²) in [4.78, 5) is 31.2. The first-order chi connectivity index (χ1) is 6.02. The number of ether oxygens (including phenoxy) is 1. The highest BCUT2D eigenvalue weighted by Crippen LogP contribution is 1.95. The molecule has 1 N–H and O–H groups in total. The molecule has 74 valence electrons. The molecule has 0 heterocycles. The molecule has 0 fully saturated rings. The summed E-state index contributed by atoms with van der Waals surface area (Å²) in [6, 6.07) is 0. The quantitative estimate of drug-likeness (QED) is 0.609. The lowest BCUT2D eigenvalue weighted by molar-refractivity contribution is -0.142. The fourth-order valence-corrected chi connectivity index (χ4v) is 0.680. The van der Waals surface area contributed by atoms with Crippen LogP contribution in [0.25, 0.3) is 0 Å². The number of ketones is 1. The van der Waals surface area contributed by atoms with Crippen LogP contribution in [0.1, 0.15) is 26.2 Å². The Kier molecular flexibility index (Phi) is 5.50. The number of carboxylic acid groups (broad SMARTS) is 1. The SMILES string of the molecule is CC(=O)OCCC(=O)CCC(=O)O. The van der Waals surface area contributed by atoms with Crippen LogP contribution in [0.3, 0.4) is 0 Å². The third-order valence-corrected chi connectivity index (χ3v) is 1.30. The summed E-state index contributed by atoms with van der Waals surface area (Å²) in [5.41, 5.74) is 0. The van der Waals surface area contributed by atoms with E-state index in [0.717, 1.165) is 0 Å². The predicted octanol–water partition coefficient (Wildman–Crippen LogP) is 0.374. The first-order valence-electron chi connectivity index (χ1n) is 3.89. The van der Waals surface area contributed by atoms with E-state index >= 15 is 0 Å². The minimum atomic E-state index is -0.999. The monoisotopic (exact) mass is 188 g/mol. The Hall–Kier alpha value is -1.39. The Bertz CT molecular complexity index is 209. The molecular formula is C8H12O5. The molecule has 0 aliphatic carbocycles. The zero-order valence-electron chi connectivity index (χ0n) is 7.41. The van der Waals surface area contributed by atoms with Gasteiger partial charge in [-0.05, 0) is 0 Å². The van der Waals surface area contributed by atoms with Crippen LogP contribution >= 0.6 is 0 Å². The molecule has 0 spiro atoms. The zero-order valence-corrected chi connectivity index (χ0v) is 7.41. The molecule has 5 heteroatoms. The van der Waals surface area contributed by atoms with Crippen LogP contribution in [0, 0.1) is 0 Å². The maximum absolute atomic E-state index is 10.9. The Morgan fingerprint density at radius 1 is 1.15 bits per heavy atom. The number of aliphatic carboxylic acids is 1. The van der Waals surface area contributed by atoms with Gasteiger partial charge in [0.2, 0.25) is 0 Å². The van der Waals surface area contributed by atoms with Crippen molar-refractivity contribution >= 4 is 17.7 Å². The smallest absolute Gasteiger partial charge is 0.303 e. The van der Waals surface area contributed by atoms with Gasteiger partial charge in [0.05, 0.1) is 13.0 Å². The third kappa shape index (κ3) is 8.52. The Balaban J connectivity index is 3.41. The van der Waals surface area contributed by atoms with Gasteiger partial charge in [0.1, 0.15) is 5.78 Å². The van der Waals surface area contributed by atoms with Crippen LogP contribution in [0.4, 0.5) is 0 Å².